The highest BCUT2D eigenvalue weighted by molar-refractivity contribution is 6.31. The molecule has 150 valence electrons. The molecule has 2 aromatic rings. The van der Waals surface area contributed by atoms with Gasteiger partial charge in [-0.3, -0.25) is 14.6 Å². The Morgan fingerprint density at radius 3 is 2.36 bits per heavy atom. The molecule has 1 amide bonds. The summed E-state index contributed by atoms with van der Waals surface area (Å²) in [6.45, 7) is 7.42. The quantitative estimate of drug-likeness (QED) is 0.735. The van der Waals surface area contributed by atoms with Crippen LogP contribution >= 0.6 is 23.2 Å². The van der Waals surface area contributed by atoms with E-state index in [1.54, 1.807) is 6.07 Å². The second kappa shape index (κ2) is 10.1. The molecule has 1 fully saturated rings. The number of piperazine rings is 1. The maximum absolute atomic E-state index is 12.3. The topological polar surface area (TPSA) is 44.8 Å². The number of amides is 1. The molecule has 1 heterocycles. The zero-order chi connectivity index (χ0) is 19.9. The van der Waals surface area contributed by atoms with E-state index >= 15 is 0 Å². The largest absolute Gasteiger partial charge is 0.492 e. The molecule has 1 aliphatic heterocycles. The Labute approximate surface area is 176 Å². The number of benzene rings is 2. The number of ether oxygens (including phenoxy) is 1. The van der Waals surface area contributed by atoms with Crippen LogP contribution in [-0.2, 0) is 4.79 Å². The van der Waals surface area contributed by atoms with E-state index < -0.39 is 0 Å². The lowest BCUT2D eigenvalue weighted by atomic mass is 10.2. The van der Waals surface area contributed by atoms with Crippen molar-refractivity contribution in [2.45, 2.75) is 6.92 Å². The van der Waals surface area contributed by atoms with Crippen molar-refractivity contribution in [2.24, 2.45) is 0 Å². The van der Waals surface area contributed by atoms with Gasteiger partial charge in [-0.1, -0.05) is 29.3 Å². The first-order chi connectivity index (χ1) is 13.5. The van der Waals surface area contributed by atoms with Crippen molar-refractivity contribution in [1.29, 1.82) is 0 Å². The monoisotopic (exact) mass is 421 g/mol. The van der Waals surface area contributed by atoms with Crippen molar-refractivity contribution in [3.8, 4) is 5.75 Å². The summed E-state index contributed by atoms with van der Waals surface area (Å²) in [7, 11) is 0. The lowest BCUT2D eigenvalue weighted by molar-refractivity contribution is -0.117. The highest BCUT2D eigenvalue weighted by atomic mass is 35.5. The van der Waals surface area contributed by atoms with Gasteiger partial charge in [-0.2, -0.15) is 0 Å². The van der Waals surface area contributed by atoms with Crippen LogP contribution in [0.3, 0.4) is 0 Å². The van der Waals surface area contributed by atoms with Gasteiger partial charge in [0.15, 0.2) is 0 Å². The number of halogens is 2. The molecule has 0 bridgehead atoms. The van der Waals surface area contributed by atoms with Gasteiger partial charge in [0.1, 0.15) is 12.4 Å². The molecule has 3 rings (SSSR count). The molecule has 0 saturated carbocycles. The molecular weight excluding hydrogens is 397 g/mol. The maximum Gasteiger partial charge on any atom is 0.238 e. The third-order valence-corrected chi connectivity index (χ3v) is 5.28. The number of hydrogen-bond donors (Lipinski definition) is 1. The molecule has 1 N–H and O–H groups in total. The Hall–Kier alpha value is -1.79. The van der Waals surface area contributed by atoms with Crippen LogP contribution in [0.4, 0.5) is 5.69 Å². The summed E-state index contributed by atoms with van der Waals surface area (Å²) in [5.74, 6) is 0.820. The zero-order valence-corrected chi connectivity index (χ0v) is 17.5. The molecule has 7 heteroatoms. The van der Waals surface area contributed by atoms with Gasteiger partial charge in [-0.15, -0.1) is 0 Å². The molecule has 0 atom stereocenters. The smallest absolute Gasteiger partial charge is 0.238 e. The maximum atomic E-state index is 12.3. The van der Waals surface area contributed by atoms with Gasteiger partial charge in [0.05, 0.1) is 6.54 Å². The van der Waals surface area contributed by atoms with Crippen molar-refractivity contribution in [3.05, 3.63) is 58.1 Å². The molecule has 0 aliphatic carbocycles. The van der Waals surface area contributed by atoms with E-state index in [0.29, 0.717) is 23.2 Å². The number of anilines is 1. The molecular formula is C21H25Cl2N3O2. The number of hydrogen-bond acceptors (Lipinski definition) is 4. The van der Waals surface area contributed by atoms with E-state index in [9.17, 15) is 4.79 Å². The van der Waals surface area contributed by atoms with Gasteiger partial charge >= 0.3 is 0 Å². The number of aryl methyl sites for hydroxylation is 1. The predicted octanol–water partition coefficient (Wildman–Crippen LogP) is 3.94. The lowest BCUT2D eigenvalue weighted by Gasteiger charge is -2.34. The van der Waals surface area contributed by atoms with Gasteiger partial charge in [-0.05, 0) is 48.9 Å². The lowest BCUT2D eigenvalue weighted by Crippen LogP contribution is -2.49. The van der Waals surface area contributed by atoms with Crippen molar-refractivity contribution < 1.29 is 9.53 Å². The summed E-state index contributed by atoms with van der Waals surface area (Å²) in [5.41, 5.74) is 1.78. The van der Waals surface area contributed by atoms with E-state index in [1.807, 2.05) is 43.3 Å². The van der Waals surface area contributed by atoms with Crippen LogP contribution in [0.15, 0.2) is 42.5 Å². The molecule has 0 radical (unpaired) electrons. The summed E-state index contributed by atoms with van der Waals surface area (Å²) in [5, 5.41) is 4.29. The number of carbonyl (C=O) groups excluding carboxylic acids is 1. The molecule has 5 nitrogen and oxygen atoms in total. The number of carbonyl (C=O) groups is 1. The first-order valence-electron chi connectivity index (χ1n) is 9.39. The number of nitrogens with one attached hydrogen (secondary N) is 1. The van der Waals surface area contributed by atoms with Crippen molar-refractivity contribution >= 4 is 34.8 Å². The third kappa shape index (κ3) is 6.38. The normalized spacial score (nSPS) is 15.4. The van der Waals surface area contributed by atoms with E-state index in [-0.39, 0.29) is 5.91 Å². The van der Waals surface area contributed by atoms with Crippen molar-refractivity contribution in [1.82, 2.24) is 9.80 Å². The molecule has 1 saturated heterocycles. The van der Waals surface area contributed by atoms with E-state index in [0.717, 1.165) is 49.7 Å². The first kappa shape index (κ1) is 20.9. The van der Waals surface area contributed by atoms with Gasteiger partial charge in [0.2, 0.25) is 5.91 Å². The number of rotatable bonds is 7. The fourth-order valence-corrected chi connectivity index (χ4v) is 3.41. The summed E-state index contributed by atoms with van der Waals surface area (Å²) >= 11 is 11.9. The van der Waals surface area contributed by atoms with Crippen LogP contribution in [-0.4, -0.2) is 61.6 Å². The molecule has 0 spiro atoms. The van der Waals surface area contributed by atoms with E-state index in [4.69, 9.17) is 27.9 Å². The second-order valence-corrected chi connectivity index (χ2v) is 7.80. The summed E-state index contributed by atoms with van der Waals surface area (Å²) in [6, 6.07) is 12.9. The average molecular weight is 422 g/mol. The van der Waals surface area contributed by atoms with Crippen molar-refractivity contribution in [2.75, 3.05) is 51.2 Å². The van der Waals surface area contributed by atoms with Gasteiger partial charge in [-0.25, -0.2) is 0 Å². The standard InChI is InChI=1S/C21H25Cl2N3O2/c1-16-2-3-18(23)14-20(16)24-21(27)15-26-10-8-25(9-11-26)12-13-28-19-6-4-17(22)5-7-19/h2-7,14H,8-13,15H2,1H3,(H,24,27). The van der Waals surface area contributed by atoms with Crippen LogP contribution in [0.25, 0.3) is 0 Å². The number of nitrogens with zero attached hydrogens (tertiary/aromatic N) is 2. The summed E-state index contributed by atoms with van der Waals surface area (Å²) in [4.78, 5) is 16.9. The summed E-state index contributed by atoms with van der Waals surface area (Å²) in [6.07, 6.45) is 0. The third-order valence-electron chi connectivity index (χ3n) is 4.80. The van der Waals surface area contributed by atoms with Gasteiger partial charge in [0.25, 0.3) is 0 Å². The minimum Gasteiger partial charge on any atom is -0.492 e. The SMILES string of the molecule is Cc1ccc(Cl)cc1NC(=O)CN1CCN(CCOc2ccc(Cl)cc2)CC1. The average Bonchev–Trinajstić information content (AvgIpc) is 2.68. The van der Waals surface area contributed by atoms with Crippen LogP contribution in [0.1, 0.15) is 5.56 Å². The predicted molar refractivity (Wildman–Crippen MR) is 115 cm³/mol. The van der Waals surface area contributed by atoms with Gasteiger partial charge in [0, 0.05) is 48.5 Å². The molecule has 28 heavy (non-hydrogen) atoms. The Kier molecular flexibility index (Phi) is 7.57. The minimum absolute atomic E-state index is 0.00936. The Bertz CT molecular complexity index is 791. The molecule has 2 aromatic carbocycles. The van der Waals surface area contributed by atoms with Crippen LogP contribution < -0.4 is 10.1 Å². The Morgan fingerprint density at radius 1 is 1.00 bits per heavy atom. The van der Waals surface area contributed by atoms with Crippen LogP contribution in [0.2, 0.25) is 10.0 Å². The van der Waals surface area contributed by atoms with Crippen molar-refractivity contribution in [3.63, 3.8) is 0 Å². The molecule has 0 aromatic heterocycles. The van der Waals surface area contributed by atoms with E-state index in [1.165, 1.54) is 0 Å². The van der Waals surface area contributed by atoms with Crippen LogP contribution in [0.5, 0.6) is 5.75 Å². The Morgan fingerprint density at radius 2 is 1.64 bits per heavy atom. The van der Waals surface area contributed by atoms with Gasteiger partial charge < -0.3 is 10.1 Å². The van der Waals surface area contributed by atoms with E-state index in [2.05, 4.69) is 15.1 Å². The zero-order valence-electron chi connectivity index (χ0n) is 16.0. The summed E-state index contributed by atoms with van der Waals surface area (Å²) < 4.78 is 5.75. The Balaban J connectivity index is 1.36. The minimum atomic E-state index is -0.00936. The first-order valence-corrected chi connectivity index (χ1v) is 10.1. The van der Waals surface area contributed by atoms with Crippen LogP contribution in [0, 0.1) is 6.92 Å². The fourth-order valence-electron chi connectivity index (χ4n) is 3.12. The highest BCUT2D eigenvalue weighted by Gasteiger charge is 2.19. The molecule has 1 aliphatic rings. The molecule has 0 unspecified atom stereocenters. The highest BCUT2D eigenvalue weighted by Crippen LogP contribution is 2.20. The fraction of sp³-hybridized carbons (Fsp3) is 0.381. The second-order valence-electron chi connectivity index (χ2n) is 6.93.